The zero-order valence-corrected chi connectivity index (χ0v) is 12.6. The lowest BCUT2D eigenvalue weighted by Gasteiger charge is -2.11. The fraction of sp³-hybridized carbons (Fsp3) is 0.308. The second-order valence-electron chi connectivity index (χ2n) is 3.97. The summed E-state index contributed by atoms with van der Waals surface area (Å²) in [5.74, 6) is 1.60. The van der Waals surface area contributed by atoms with E-state index in [1.165, 1.54) is 11.8 Å². The molecule has 0 aromatic carbocycles. The Balaban J connectivity index is 2.37. The van der Waals surface area contributed by atoms with E-state index in [1.807, 2.05) is 32.9 Å². The zero-order valence-electron chi connectivity index (χ0n) is 11.1. The summed E-state index contributed by atoms with van der Waals surface area (Å²) in [5.41, 5.74) is 1.01. The third-order valence-corrected chi connectivity index (χ3v) is 4.00. The number of aromatic nitrogens is 3. The zero-order chi connectivity index (χ0) is 13.8. The lowest BCUT2D eigenvalue weighted by Crippen LogP contribution is -2.05. The van der Waals surface area contributed by atoms with Crippen molar-refractivity contribution < 1.29 is 0 Å². The van der Waals surface area contributed by atoms with Crippen LogP contribution in [0.2, 0.25) is 5.02 Å². The molecule has 2 aromatic heterocycles. The van der Waals surface area contributed by atoms with Gasteiger partial charge in [0.2, 0.25) is 0 Å². The van der Waals surface area contributed by atoms with Gasteiger partial charge in [0, 0.05) is 18.3 Å². The molecule has 0 spiro atoms. The fourth-order valence-corrected chi connectivity index (χ4v) is 2.71. The highest BCUT2D eigenvalue weighted by atomic mass is 35.5. The fourth-order valence-electron chi connectivity index (χ4n) is 1.58. The molecule has 0 atom stereocenters. The second kappa shape index (κ2) is 6.21. The van der Waals surface area contributed by atoms with Gasteiger partial charge in [0.15, 0.2) is 0 Å². The Kier molecular flexibility index (Phi) is 4.61. The second-order valence-corrected chi connectivity index (χ2v) is 5.36. The Morgan fingerprint density at radius 1 is 1.26 bits per heavy atom. The van der Waals surface area contributed by atoms with E-state index in [0.29, 0.717) is 5.02 Å². The first-order chi connectivity index (χ1) is 9.11. The summed E-state index contributed by atoms with van der Waals surface area (Å²) < 4.78 is 0. The van der Waals surface area contributed by atoms with Gasteiger partial charge in [-0.1, -0.05) is 11.6 Å². The van der Waals surface area contributed by atoms with Gasteiger partial charge in [-0.25, -0.2) is 15.0 Å². The van der Waals surface area contributed by atoms with E-state index >= 15 is 0 Å². The number of halogens is 1. The average Bonchev–Trinajstić information content (AvgIpc) is 2.38. The maximum Gasteiger partial charge on any atom is 0.133 e. The van der Waals surface area contributed by atoms with Gasteiger partial charge in [0.1, 0.15) is 21.7 Å². The predicted molar refractivity (Wildman–Crippen MR) is 79.0 cm³/mol. The maximum atomic E-state index is 6.12. The van der Waals surface area contributed by atoms with Crippen LogP contribution in [-0.2, 0) is 0 Å². The minimum absolute atomic E-state index is 0.633. The van der Waals surface area contributed by atoms with Crippen molar-refractivity contribution in [3.63, 3.8) is 0 Å². The van der Waals surface area contributed by atoms with Crippen LogP contribution in [0.25, 0.3) is 0 Å². The maximum absolute atomic E-state index is 6.12. The van der Waals surface area contributed by atoms with Gasteiger partial charge >= 0.3 is 0 Å². The summed E-state index contributed by atoms with van der Waals surface area (Å²) in [6, 6.07) is 3.64. The van der Waals surface area contributed by atoms with Crippen molar-refractivity contribution >= 4 is 29.2 Å². The van der Waals surface area contributed by atoms with Gasteiger partial charge < -0.3 is 5.32 Å². The Bertz CT molecular complexity index is 589. The molecule has 0 unspecified atom stereocenters. The third kappa shape index (κ3) is 3.36. The van der Waals surface area contributed by atoms with Crippen molar-refractivity contribution in [1.82, 2.24) is 15.0 Å². The molecule has 4 nitrogen and oxygen atoms in total. The van der Waals surface area contributed by atoms with Crippen LogP contribution in [0.5, 0.6) is 0 Å². The van der Waals surface area contributed by atoms with Crippen LogP contribution in [0.4, 0.5) is 5.82 Å². The van der Waals surface area contributed by atoms with E-state index in [1.54, 1.807) is 6.20 Å². The smallest absolute Gasteiger partial charge is 0.133 e. The molecule has 100 valence electrons. The van der Waals surface area contributed by atoms with Crippen LogP contribution in [0.1, 0.15) is 18.3 Å². The van der Waals surface area contributed by atoms with Crippen molar-refractivity contribution in [2.24, 2.45) is 0 Å². The quantitative estimate of drug-likeness (QED) is 0.871. The summed E-state index contributed by atoms with van der Waals surface area (Å²) in [5, 5.41) is 5.51. The number of nitrogens with one attached hydrogen (secondary N) is 1. The Labute approximate surface area is 122 Å². The van der Waals surface area contributed by atoms with E-state index in [9.17, 15) is 0 Å². The number of hydrogen-bond acceptors (Lipinski definition) is 5. The summed E-state index contributed by atoms with van der Waals surface area (Å²) in [7, 11) is 0. The average molecular weight is 295 g/mol. The van der Waals surface area contributed by atoms with Gasteiger partial charge in [-0.05, 0) is 44.7 Å². The molecule has 19 heavy (non-hydrogen) atoms. The first-order valence-corrected chi connectivity index (χ1v) is 7.18. The van der Waals surface area contributed by atoms with Gasteiger partial charge in [0.05, 0.1) is 5.02 Å². The Hall–Kier alpha value is -1.33. The summed E-state index contributed by atoms with van der Waals surface area (Å²) in [6.45, 7) is 6.74. The van der Waals surface area contributed by atoms with E-state index in [2.05, 4.69) is 20.3 Å². The van der Waals surface area contributed by atoms with Crippen LogP contribution < -0.4 is 5.32 Å². The number of rotatable bonds is 4. The molecular formula is C13H15ClN4S. The molecule has 0 bridgehead atoms. The van der Waals surface area contributed by atoms with E-state index in [0.717, 1.165) is 33.8 Å². The molecule has 0 amide bonds. The van der Waals surface area contributed by atoms with Gasteiger partial charge in [-0.2, -0.15) is 0 Å². The predicted octanol–water partition coefficient (Wildman–Crippen LogP) is 3.72. The van der Waals surface area contributed by atoms with Gasteiger partial charge in [-0.3, -0.25) is 0 Å². The van der Waals surface area contributed by atoms with Crippen LogP contribution in [0.15, 0.2) is 28.4 Å². The van der Waals surface area contributed by atoms with Gasteiger partial charge in [0.25, 0.3) is 0 Å². The number of aryl methyl sites for hydroxylation is 1. The molecule has 1 N–H and O–H groups in total. The first-order valence-electron chi connectivity index (χ1n) is 5.99. The molecule has 6 heteroatoms. The van der Waals surface area contributed by atoms with Crippen LogP contribution >= 0.6 is 23.4 Å². The van der Waals surface area contributed by atoms with Crippen molar-refractivity contribution in [3.05, 3.63) is 34.7 Å². The number of nitrogens with zero attached hydrogens (tertiary/aromatic N) is 3. The first kappa shape index (κ1) is 14.1. The molecular weight excluding hydrogens is 280 g/mol. The topological polar surface area (TPSA) is 50.7 Å². The largest absolute Gasteiger partial charge is 0.370 e. The molecule has 2 rings (SSSR count). The standard InChI is InChI=1S/C13H15ClN4S/c1-4-15-11-8(2)12(18-9(3)17-11)19-13-10(14)6-5-7-16-13/h5-7H,4H2,1-3H3,(H,15,17,18). The Morgan fingerprint density at radius 3 is 2.74 bits per heavy atom. The molecule has 0 saturated heterocycles. The molecule has 0 aliphatic heterocycles. The molecule has 0 fully saturated rings. The van der Waals surface area contributed by atoms with E-state index < -0.39 is 0 Å². The molecule has 2 heterocycles. The lowest BCUT2D eigenvalue weighted by molar-refractivity contribution is 0.930. The number of pyridine rings is 1. The minimum Gasteiger partial charge on any atom is -0.370 e. The van der Waals surface area contributed by atoms with Gasteiger partial charge in [-0.15, -0.1) is 0 Å². The highest BCUT2D eigenvalue weighted by molar-refractivity contribution is 7.99. The van der Waals surface area contributed by atoms with Crippen molar-refractivity contribution in [2.75, 3.05) is 11.9 Å². The normalized spacial score (nSPS) is 10.5. The Morgan fingerprint density at radius 2 is 2.05 bits per heavy atom. The summed E-state index contributed by atoms with van der Waals surface area (Å²) in [6.07, 6.45) is 1.72. The number of anilines is 1. The van der Waals surface area contributed by atoms with Crippen molar-refractivity contribution in [3.8, 4) is 0 Å². The highest BCUT2D eigenvalue weighted by Crippen LogP contribution is 2.33. The monoisotopic (exact) mass is 294 g/mol. The summed E-state index contributed by atoms with van der Waals surface area (Å²) in [4.78, 5) is 13.1. The van der Waals surface area contributed by atoms with E-state index in [4.69, 9.17) is 11.6 Å². The lowest BCUT2D eigenvalue weighted by atomic mass is 10.3. The number of hydrogen-bond donors (Lipinski definition) is 1. The van der Waals surface area contributed by atoms with Crippen LogP contribution in [-0.4, -0.2) is 21.5 Å². The third-order valence-electron chi connectivity index (χ3n) is 2.48. The minimum atomic E-state index is 0.633. The van der Waals surface area contributed by atoms with Crippen molar-refractivity contribution in [1.29, 1.82) is 0 Å². The molecule has 2 aromatic rings. The van der Waals surface area contributed by atoms with Crippen LogP contribution in [0.3, 0.4) is 0 Å². The molecule has 0 aliphatic rings. The molecule has 0 saturated carbocycles. The molecule has 0 radical (unpaired) electrons. The molecule has 0 aliphatic carbocycles. The van der Waals surface area contributed by atoms with Crippen molar-refractivity contribution in [2.45, 2.75) is 30.8 Å². The van der Waals surface area contributed by atoms with Crippen LogP contribution in [0, 0.1) is 13.8 Å². The SMILES string of the molecule is CCNc1nc(C)nc(Sc2ncccc2Cl)c1C. The highest BCUT2D eigenvalue weighted by Gasteiger charge is 2.12. The van der Waals surface area contributed by atoms with E-state index in [-0.39, 0.29) is 0 Å². The summed E-state index contributed by atoms with van der Waals surface area (Å²) >= 11 is 7.59.